The molecule has 0 aromatic heterocycles. The van der Waals surface area contributed by atoms with Crippen LogP contribution in [0, 0.1) is 0 Å². The van der Waals surface area contributed by atoms with Crippen molar-refractivity contribution in [2.24, 2.45) is 5.73 Å². The maximum atomic E-state index is 11.9. The number of hydrogen-bond donors (Lipinski definition) is 2. The number of benzene rings is 1. The lowest BCUT2D eigenvalue weighted by molar-refractivity contribution is -0.124. The Morgan fingerprint density at radius 3 is 2.79 bits per heavy atom. The number of nitrogens with two attached hydrogens (primary N) is 1. The second-order valence-corrected chi connectivity index (χ2v) is 5.56. The fourth-order valence-electron chi connectivity index (χ4n) is 1.98. The lowest BCUT2D eigenvalue weighted by atomic mass is 10.0. The standard InChI is InChI=1S/C13H17BrN2O2.ClH/c1-18-8-11(15)12(17)16-13(5-6-13)9-3-2-4-10(14)7-9;/h2-4,7,11H,5-6,8,15H2,1H3,(H,16,17);1H. The summed E-state index contributed by atoms with van der Waals surface area (Å²) in [4.78, 5) is 11.9. The zero-order valence-corrected chi connectivity index (χ0v) is 13.1. The van der Waals surface area contributed by atoms with Gasteiger partial charge in [0, 0.05) is 11.6 Å². The van der Waals surface area contributed by atoms with Gasteiger partial charge in [-0.1, -0.05) is 28.1 Å². The summed E-state index contributed by atoms with van der Waals surface area (Å²) in [6.07, 6.45) is 1.91. The lowest BCUT2D eigenvalue weighted by Gasteiger charge is -2.20. The second kappa shape index (κ2) is 6.70. The van der Waals surface area contributed by atoms with Crippen molar-refractivity contribution >= 4 is 34.2 Å². The fraction of sp³-hybridized carbons (Fsp3) is 0.462. The molecule has 1 aromatic carbocycles. The molecule has 0 radical (unpaired) electrons. The molecule has 19 heavy (non-hydrogen) atoms. The Morgan fingerprint density at radius 2 is 2.26 bits per heavy atom. The van der Waals surface area contributed by atoms with E-state index in [4.69, 9.17) is 10.5 Å². The Hall–Kier alpha value is -0.620. The van der Waals surface area contributed by atoms with Gasteiger partial charge in [0.25, 0.3) is 0 Å². The van der Waals surface area contributed by atoms with Crippen LogP contribution in [0.25, 0.3) is 0 Å². The molecule has 0 aliphatic heterocycles. The van der Waals surface area contributed by atoms with Gasteiger partial charge in [-0.25, -0.2) is 0 Å². The summed E-state index contributed by atoms with van der Waals surface area (Å²) < 4.78 is 5.91. The zero-order valence-electron chi connectivity index (χ0n) is 10.7. The molecule has 1 aliphatic rings. The molecule has 3 N–H and O–H groups in total. The number of carbonyl (C=O) groups is 1. The number of amides is 1. The topological polar surface area (TPSA) is 64.3 Å². The maximum absolute atomic E-state index is 11.9. The van der Waals surface area contributed by atoms with Gasteiger partial charge >= 0.3 is 0 Å². The lowest BCUT2D eigenvalue weighted by Crippen LogP contribution is -2.47. The third-order valence-corrected chi connectivity index (χ3v) is 3.67. The summed E-state index contributed by atoms with van der Waals surface area (Å²) in [7, 11) is 1.54. The van der Waals surface area contributed by atoms with E-state index in [-0.39, 0.29) is 30.5 Å². The van der Waals surface area contributed by atoms with Crippen molar-refractivity contribution in [3.05, 3.63) is 34.3 Å². The monoisotopic (exact) mass is 348 g/mol. The predicted molar refractivity (Wildman–Crippen MR) is 80.3 cm³/mol. The zero-order chi connectivity index (χ0) is 13.2. The third-order valence-electron chi connectivity index (χ3n) is 3.17. The van der Waals surface area contributed by atoms with Gasteiger partial charge in [0.2, 0.25) is 5.91 Å². The van der Waals surface area contributed by atoms with Crippen LogP contribution in [0.5, 0.6) is 0 Å². The van der Waals surface area contributed by atoms with E-state index in [1.807, 2.05) is 24.3 Å². The van der Waals surface area contributed by atoms with E-state index in [9.17, 15) is 4.79 Å². The van der Waals surface area contributed by atoms with Crippen LogP contribution in [0.2, 0.25) is 0 Å². The molecule has 0 saturated heterocycles. The average molecular weight is 350 g/mol. The number of ether oxygens (including phenoxy) is 1. The predicted octanol–water partition coefficient (Wildman–Crippen LogP) is 1.95. The van der Waals surface area contributed by atoms with Crippen molar-refractivity contribution in [1.82, 2.24) is 5.32 Å². The first-order valence-corrected chi connectivity index (χ1v) is 6.69. The molecule has 6 heteroatoms. The Kier molecular flexibility index (Phi) is 5.80. The highest BCUT2D eigenvalue weighted by molar-refractivity contribution is 9.10. The number of halogens is 2. The SMILES string of the molecule is COCC(N)C(=O)NC1(c2cccc(Br)c2)CC1.Cl. The highest BCUT2D eigenvalue weighted by Gasteiger charge is 2.46. The Bertz CT molecular complexity index is 452. The summed E-state index contributed by atoms with van der Waals surface area (Å²) in [6.45, 7) is 0.237. The molecule has 0 bridgehead atoms. The molecule has 1 amide bonds. The molecule has 1 aromatic rings. The van der Waals surface area contributed by atoms with E-state index < -0.39 is 6.04 Å². The summed E-state index contributed by atoms with van der Waals surface area (Å²) in [5.74, 6) is -0.158. The second-order valence-electron chi connectivity index (χ2n) is 4.64. The Morgan fingerprint density at radius 1 is 1.58 bits per heavy atom. The molecule has 1 atom stereocenters. The molecular formula is C13H18BrClN2O2. The molecule has 4 nitrogen and oxygen atoms in total. The van der Waals surface area contributed by atoms with Crippen LogP contribution in [0.4, 0.5) is 0 Å². The van der Waals surface area contributed by atoms with Crippen LogP contribution in [0.15, 0.2) is 28.7 Å². The van der Waals surface area contributed by atoms with Gasteiger partial charge in [0.05, 0.1) is 12.1 Å². The summed E-state index contributed by atoms with van der Waals surface area (Å²) in [6, 6.07) is 7.40. The fourth-order valence-corrected chi connectivity index (χ4v) is 2.38. The van der Waals surface area contributed by atoms with Crippen molar-refractivity contribution in [2.45, 2.75) is 24.4 Å². The van der Waals surface area contributed by atoms with Gasteiger partial charge in [-0.15, -0.1) is 12.4 Å². The van der Waals surface area contributed by atoms with E-state index in [1.54, 1.807) is 0 Å². The van der Waals surface area contributed by atoms with Crippen LogP contribution in [-0.4, -0.2) is 25.7 Å². The van der Waals surface area contributed by atoms with Gasteiger partial charge in [-0.3, -0.25) is 4.79 Å². The van der Waals surface area contributed by atoms with Crippen LogP contribution in [-0.2, 0) is 15.1 Å². The van der Waals surface area contributed by atoms with E-state index in [2.05, 4.69) is 21.2 Å². The van der Waals surface area contributed by atoms with E-state index in [1.165, 1.54) is 7.11 Å². The van der Waals surface area contributed by atoms with Gasteiger partial charge in [-0.2, -0.15) is 0 Å². The third kappa shape index (κ3) is 3.92. The minimum atomic E-state index is -0.611. The van der Waals surface area contributed by atoms with Crippen LogP contribution < -0.4 is 11.1 Å². The van der Waals surface area contributed by atoms with Crippen LogP contribution >= 0.6 is 28.3 Å². The first-order valence-electron chi connectivity index (χ1n) is 5.90. The van der Waals surface area contributed by atoms with Gasteiger partial charge in [0.1, 0.15) is 6.04 Å². The van der Waals surface area contributed by atoms with Gasteiger partial charge < -0.3 is 15.8 Å². The van der Waals surface area contributed by atoms with Crippen LogP contribution in [0.3, 0.4) is 0 Å². The quantitative estimate of drug-likeness (QED) is 0.854. The summed E-state index contributed by atoms with van der Waals surface area (Å²) in [5, 5.41) is 3.03. The number of carbonyl (C=O) groups excluding carboxylic acids is 1. The maximum Gasteiger partial charge on any atom is 0.239 e. The van der Waals surface area contributed by atoms with E-state index in [0.29, 0.717) is 0 Å². The van der Waals surface area contributed by atoms with Crippen molar-refractivity contribution in [2.75, 3.05) is 13.7 Å². The highest BCUT2D eigenvalue weighted by Crippen LogP contribution is 2.46. The number of hydrogen-bond acceptors (Lipinski definition) is 3. The van der Waals surface area contributed by atoms with Crippen molar-refractivity contribution < 1.29 is 9.53 Å². The molecule has 0 heterocycles. The first kappa shape index (κ1) is 16.4. The van der Waals surface area contributed by atoms with Gasteiger partial charge in [-0.05, 0) is 30.5 Å². The molecule has 1 aliphatic carbocycles. The first-order chi connectivity index (χ1) is 8.57. The largest absolute Gasteiger partial charge is 0.383 e. The Labute approximate surface area is 127 Å². The van der Waals surface area contributed by atoms with Crippen molar-refractivity contribution in [1.29, 1.82) is 0 Å². The average Bonchev–Trinajstić information content (AvgIpc) is 3.10. The summed E-state index contributed by atoms with van der Waals surface area (Å²) in [5.41, 5.74) is 6.61. The Balaban J connectivity index is 0.00000180. The van der Waals surface area contributed by atoms with Gasteiger partial charge in [0.15, 0.2) is 0 Å². The molecule has 106 valence electrons. The minimum Gasteiger partial charge on any atom is -0.383 e. The highest BCUT2D eigenvalue weighted by atomic mass is 79.9. The normalized spacial score (nSPS) is 17.2. The minimum absolute atomic E-state index is 0. The number of methoxy groups -OCH3 is 1. The molecule has 2 rings (SSSR count). The molecule has 1 fully saturated rings. The molecule has 1 unspecified atom stereocenters. The number of nitrogens with one attached hydrogen (secondary N) is 1. The van der Waals surface area contributed by atoms with Crippen molar-refractivity contribution in [3.8, 4) is 0 Å². The summed E-state index contributed by atoms with van der Waals surface area (Å²) >= 11 is 3.45. The molecular weight excluding hydrogens is 332 g/mol. The van der Waals surface area contributed by atoms with Crippen LogP contribution in [0.1, 0.15) is 18.4 Å². The molecule has 0 spiro atoms. The van der Waals surface area contributed by atoms with E-state index in [0.717, 1.165) is 22.9 Å². The smallest absolute Gasteiger partial charge is 0.239 e. The van der Waals surface area contributed by atoms with Crippen molar-refractivity contribution in [3.63, 3.8) is 0 Å². The molecule has 1 saturated carbocycles. The van der Waals surface area contributed by atoms with E-state index >= 15 is 0 Å². The number of rotatable bonds is 5.